The molecule has 0 saturated heterocycles. The van der Waals surface area contributed by atoms with Gasteiger partial charge in [-0.2, -0.15) is 0 Å². The lowest BCUT2D eigenvalue weighted by molar-refractivity contribution is 0.114. The fourth-order valence-corrected chi connectivity index (χ4v) is 6.07. The highest BCUT2D eigenvalue weighted by Crippen LogP contribution is 2.25. The minimum Gasteiger partial charge on any atom is -0.356 e. The van der Waals surface area contributed by atoms with Gasteiger partial charge < -0.3 is 9.80 Å². The van der Waals surface area contributed by atoms with Gasteiger partial charge in [-0.05, 0) is 33.1 Å². The molecular formula is C35H70N2. The normalized spacial score (nSPS) is 15.5. The van der Waals surface area contributed by atoms with Gasteiger partial charge in [-0.15, -0.1) is 0 Å². The Balaban J connectivity index is 1.98. The first-order chi connectivity index (χ1) is 18.2. The first kappa shape index (κ1) is 34.4. The Morgan fingerprint density at radius 2 is 0.811 bits per heavy atom. The van der Waals surface area contributed by atoms with E-state index in [1.807, 2.05) is 0 Å². The van der Waals surface area contributed by atoms with Crippen molar-refractivity contribution in [1.82, 2.24) is 9.80 Å². The molecule has 0 bridgehead atoms. The molecule has 1 atom stereocenters. The summed E-state index contributed by atoms with van der Waals surface area (Å²) >= 11 is 0. The van der Waals surface area contributed by atoms with Gasteiger partial charge in [0.15, 0.2) is 0 Å². The van der Waals surface area contributed by atoms with Gasteiger partial charge >= 0.3 is 0 Å². The second kappa shape index (κ2) is 25.6. The van der Waals surface area contributed by atoms with Crippen LogP contribution in [0.2, 0.25) is 0 Å². The van der Waals surface area contributed by atoms with E-state index in [0.29, 0.717) is 12.2 Å². The van der Waals surface area contributed by atoms with E-state index < -0.39 is 0 Å². The molecule has 0 amide bonds. The van der Waals surface area contributed by atoms with Crippen molar-refractivity contribution in [3.05, 3.63) is 12.4 Å². The summed E-state index contributed by atoms with van der Waals surface area (Å²) in [5.74, 6) is 0. The van der Waals surface area contributed by atoms with Gasteiger partial charge in [-0.3, -0.25) is 0 Å². The lowest BCUT2D eigenvalue weighted by Crippen LogP contribution is -2.42. The maximum Gasteiger partial charge on any atom is 0.101 e. The van der Waals surface area contributed by atoms with Crippen molar-refractivity contribution >= 4 is 0 Å². The van der Waals surface area contributed by atoms with Crippen LogP contribution in [0, 0.1) is 0 Å². The molecule has 2 nitrogen and oxygen atoms in total. The molecule has 0 saturated carbocycles. The molecule has 1 aliphatic rings. The standard InChI is InChI=1S/C35H70N2/c1-5-7-9-11-13-15-16-17-18-19-20-21-22-23-24-26-28-30-35-36(32-33-37(35)34(3)4)31-29-27-25-14-12-10-8-6-2/h32-35H,5-31H2,1-4H3. The van der Waals surface area contributed by atoms with E-state index in [9.17, 15) is 0 Å². The SMILES string of the molecule is CCCCCCCCCCCCCCCCCCCC1N(CCCCCCCCCC)C=CN1C(C)C. The molecule has 0 spiro atoms. The minimum absolute atomic E-state index is 0.607. The van der Waals surface area contributed by atoms with Crippen LogP contribution in [-0.2, 0) is 0 Å². The number of unbranched alkanes of at least 4 members (excludes halogenated alkanes) is 23. The summed E-state index contributed by atoms with van der Waals surface area (Å²) in [7, 11) is 0. The van der Waals surface area contributed by atoms with Crippen molar-refractivity contribution in [1.29, 1.82) is 0 Å². The summed E-state index contributed by atoms with van der Waals surface area (Å²) in [6.45, 7) is 10.6. The zero-order chi connectivity index (χ0) is 26.8. The molecular weight excluding hydrogens is 448 g/mol. The van der Waals surface area contributed by atoms with Gasteiger partial charge in [0.2, 0.25) is 0 Å². The summed E-state index contributed by atoms with van der Waals surface area (Å²) in [5.41, 5.74) is 0. The van der Waals surface area contributed by atoms with Crippen LogP contribution in [0.15, 0.2) is 12.4 Å². The zero-order valence-corrected chi connectivity index (χ0v) is 26.3. The van der Waals surface area contributed by atoms with E-state index >= 15 is 0 Å². The molecule has 2 heteroatoms. The third-order valence-electron chi connectivity index (χ3n) is 8.59. The van der Waals surface area contributed by atoms with E-state index in [0.717, 1.165) is 0 Å². The Labute approximate surface area is 235 Å². The molecule has 0 fully saturated rings. The Hall–Kier alpha value is -0.660. The van der Waals surface area contributed by atoms with Gasteiger partial charge in [0.1, 0.15) is 6.17 Å². The Morgan fingerprint density at radius 3 is 1.19 bits per heavy atom. The second-order valence-electron chi connectivity index (χ2n) is 12.5. The monoisotopic (exact) mass is 519 g/mol. The quantitative estimate of drug-likeness (QED) is 0.0950. The average molecular weight is 519 g/mol. The first-order valence-corrected chi connectivity index (χ1v) is 17.4. The molecule has 0 N–H and O–H groups in total. The topological polar surface area (TPSA) is 6.48 Å². The van der Waals surface area contributed by atoms with Gasteiger partial charge in [0.05, 0.1) is 0 Å². The Kier molecular flexibility index (Phi) is 23.8. The highest BCUT2D eigenvalue weighted by Gasteiger charge is 2.26. The van der Waals surface area contributed by atoms with Crippen LogP contribution in [0.1, 0.15) is 195 Å². The van der Waals surface area contributed by atoms with Crippen molar-refractivity contribution in [2.45, 2.75) is 207 Å². The van der Waals surface area contributed by atoms with Gasteiger partial charge in [0.25, 0.3) is 0 Å². The number of rotatable bonds is 28. The van der Waals surface area contributed by atoms with Crippen molar-refractivity contribution in [2.75, 3.05) is 6.54 Å². The van der Waals surface area contributed by atoms with Crippen LogP contribution in [0.3, 0.4) is 0 Å². The fraction of sp³-hybridized carbons (Fsp3) is 0.943. The maximum absolute atomic E-state index is 2.66. The van der Waals surface area contributed by atoms with Crippen LogP contribution >= 0.6 is 0 Å². The van der Waals surface area contributed by atoms with E-state index in [1.165, 1.54) is 173 Å². The van der Waals surface area contributed by atoms with Crippen LogP contribution < -0.4 is 0 Å². The molecule has 220 valence electrons. The summed E-state index contributed by atoms with van der Waals surface area (Å²) in [4.78, 5) is 5.26. The van der Waals surface area contributed by atoms with E-state index in [2.05, 4.69) is 49.9 Å². The summed E-state index contributed by atoms with van der Waals surface area (Å²) in [6.07, 6.45) is 42.7. The van der Waals surface area contributed by atoms with Crippen LogP contribution in [-0.4, -0.2) is 28.6 Å². The Morgan fingerprint density at radius 1 is 0.459 bits per heavy atom. The predicted molar refractivity (Wildman–Crippen MR) is 168 cm³/mol. The summed E-state index contributed by atoms with van der Waals surface area (Å²) in [6, 6.07) is 0.607. The van der Waals surface area contributed by atoms with Gasteiger partial charge in [-0.25, -0.2) is 0 Å². The highest BCUT2D eigenvalue weighted by atomic mass is 15.4. The lowest BCUT2D eigenvalue weighted by atomic mass is 10.0. The molecule has 0 aromatic carbocycles. The first-order valence-electron chi connectivity index (χ1n) is 17.4. The van der Waals surface area contributed by atoms with Crippen molar-refractivity contribution in [3.63, 3.8) is 0 Å². The second-order valence-corrected chi connectivity index (χ2v) is 12.5. The van der Waals surface area contributed by atoms with Crippen molar-refractivity contribution in [2.24, 2.45) is 0 Å². The molecule has 0 aliphatic carbocycles. The maximum atomic E-state index is 2.66. The van der Waals surface area contributed by atoms with Crippen LogP contribution in [0.25, 0.3) is 0 Å². The zero-order valence-electron chi connectivity index (χ0n) is 26.3. The van der Waals surface area contributed by atoms with E-state index in [1.54, 1.807) is 0 Å². The number of hydrogen-bond donors (Lipinski definition) is 0. The largest absolute Gasteiger partial charge is 0.356 e. The van der Waals surface area contributed by atoms with Gasteiger partial charge in [-0.1, -0.05) is 162 Å². The molecule has 1 heterocycles. The fourth-order valence-electron chi connectivity index (χ4n) is 6.07. The number of nitrogens with zero attached hydrogens (tertiary/aromatic N) is 2. The molecule has 1 unspecified atom stereocenters. The molecule has 0 aromatic heterocycles. The Bertz CT molecular complexity index is 486. The third kappa shape index (κ3) is 19.1. The number of hydrogen-bond acceptors (Lipinski definition) is 2. The predicted octanol–water partition coefficient (Wildman–Crippen LogP) is 12.0. The smallest absolute Gasteiger partial charge is 0.101 e. The van der Waals surface area contributed by atoms with Crippen molar-refractivity contribution < 1.29 is 0 Å². The lowest BCUT2D eigenvalue weighted by Gasteiger charge is -2.35. The molecule has 1 rings (SSSR count). The summed E-state index contributed by atoms with van der Waals surface area (Å²) < 4.78 is 0. The third-order valence-corrected chi connectivity index (χ3v) is 8.59. The average Bonchev–Trinajstić information content (AvgIpc) is 3.30. The van der Waals surface area contributed by atoms with Gasteiger partial charge in [0, 0.05) is 25.0 Å². The van der Waals surface area contributed by atoms with E-state index in [4.69, 9.17) is 0 Å². The molecule has 1 aliphatic heterocycles. The van der Waals surface area contributed by atoms with E-state index in [-0.39, 0.29) is 0 Å². The molecule has 0 radical (unpaired) electrons. The molecule has 37 heavy (non-hydrogen) atoms. The molecule has 0 aromatic rings. The van der Waals surface area contributed by atoms with Crippen LogP contribution in [0.5, 0.6) is 0 Å². The summed E-state index contributed by atoms with van der Waals surface area (Å²) in [5, 5.41) is 0. The van der Waals surface area contributed by atoms with Crippen molar-refractivity contribution in [3.8, 4) is 0 Å². The van der Waals surface area contributed by atoms with Crippen LogP contribution in [0.4, 0.5) is 0 Å². The minimum atomic E-state index is 0.607. The highest BCUT2D eigenvalue weighted by molar-refractivity contribution is 4.98.